The van der Waals surface area contributed by atoms with Crippen molar-refractivity contribution in [3.8, 4) is 12.3 Å². The summed E-state index contributed by atoms with van der Waals surface area (Å²) < 4.78 is 0. The van der Waals surface area contributed by atoms with Gasteiger partial charge < -0.3 is 10.2 Å². The SMILES string of the molecule is C#CCCC(NC(=O)C(C)[C@H]1C[C@H]1CN(C)C=O)C(=O)C(C)=O. The number of rotatable bonds is 10. The Bertz CT molecular complexity index is 523. The lowest BCUT2D eigenvalue weighted by atomic mass is 10.00. The second-order valence-corrected chi connectivity index (χ2v) is 6.22. The molecule has 2 amide bonds. The molecule has 4 atom stereocenters. The van der Waals surface area contributed by atoms with Gasteiger partial charge in [-0.25, -0.2) is 0 Å². The van der Waals surface area contributed by atoms with E-state index < -0.39 is 17.6 Å². The average Bonchev–Trinajstić information content (AvgIpc) is 3.28. The molecule has 0 aliphatic heterocycles. The highest BCUT2D eigenvalue weighted by molar-refractivity contribution is 6.38. The lowest BCUT2D eigenvalue weighted by molar-refractivity contribution is -0.138. The zero-order chi connectivity index (χ0) is 17.6. The van der Waals surface area contributed by atoms with Crippen molar-refractivity contribution in [3.63, 3.8) is 0 Å². The van der Waals surface area contributed by atoms with Crippen molar-refractivity contribution in [1.82, 2.24) is 10.2 Å². The molecule has 0 aromatic heterocycles. The van der Waals surface area contributed by atoms with Crippen molar-refractivity contribution in [2.45, 2.75) is 39.2 Å². The zero-order valence-electron chi connectivity index (χ0n) is 13.9. The summed E-state index contributed by atoms with van der Waals surface area (Å²) in [6.07, 6.45) is 7.40. The van der Waals surface area contributed by atoms with Crippen molar-refractivity contribution in [2.75, 3.05) is 13.6 Å². The van der Waals surface area contributed by atoms with Crippen LogP contribution in [0.3, 0.4) is 0 Å². The molecule has 126 valence electrons. The molecule has 1 aliphatic rings. The van der Waals surface area contributed by atoms with E-state index in [4.69, 9.17) is 6.42 Å². The number of nitrogens with zero attached hydrogens (tertiary/aromatic N) is 1. The minimum absolute atomic E-state index is 0.193. The fraction of sp³-hybridized carbons (Fsp3) is 0.647. The first-order chi connectivity index (χ1) is 10.8. The van der Waals surface area contributed by atoms with Crippen molar-refractivity contribution >= 4 is 23.9 Å². The molecule has 0 saturated heterocycles. The van der Waals surface area contributed by atoms with Crippen LogP contribution in [0.5, 0.6) is 0 Å². The van der Waals surface area contributed by atoms with Gasteiger partial charge in [-0.2, -0.15) is 0 Å². The molecule has 0 aromatic rings. The summed E-state index contributed by atoms with van der Waals surface area (Å²) >= 11 is 0. The van der Waals surface area contributed by atoms with Crippen molar-refractivity contribution in [1.29, 1.82) is 0 Å². The van der Waals surface area contributed by atoms with Crippen LogP contribution >= 0.6 is 0 Å². The second-order valence-electron chi connectivity index (χ2n) is 6.22. The number of Topliss-reactive ketones (excluding diaryl/α,β-unsaturated/α-hetero) is 2. The van der Waals surface area contributed by atoms with Crippen LogP contribution in [0.2, 0.25) is 0 Å². The Balaban J connectivity index is 2.58. The third-order valence-corrected chi connectivity index (χ3v) is 4.29. The third-order valence-electron chi connectivity index (χ3n) is 4.29. The van der Waals surface area contributed by atoms with Gasteiger partial charge in [0.1, 0.15) is 0 Å². The van der Waals surface area contributed by atoms with E-state index in [2.05, 4.69) is 11.2 Å². The Morgan fingerprint density at radius 1 is 1.43 bits per heavy atom. The maximum absolute atomic E-state index is 12.3. The van der Waals surface area contributed by atoms with Gasteiger partial charge in [-0.1, -0.05) is 6.92 Å². The topological polar surface area (TPSA) is 83.6 Å². The van der Waals surface area contributed by atoms with E-state index in [9.17, 15) is 19.2 Å². The van der Waals surface area contributed by atoms with Gasteiger partial charge in [-0.3, -0.25) is 19.2 Å². The maximum Gasteiger partial charge on any atom is 0.223 e. The lowest BCUT2D eigenvalue weighted by Crippen LogP contribution is -2.45. The number of amides is 2. The Labute approximate surface area is 137 Å². The van der Waals surface area contributed by atoms with Gasteiger partial charge in [0.05, 0.1) is 6.04 Å². The van der Waals surface area contributed by atoms with Crippen LogP contribution in [0.1, 0.15) is 33.1 Å². The van der Waals surface area contributed by atoms with Gasteiger partial charge in [-0.05, 0) is 24.7 Å². The number of ketones is 2. The molecule has 1 N–H and O–H groups in total. The molecule has 0 spiro atoms. The molecule has 6 heteroatoms. The first-order valence-corrected chi connectivity index (χ1v) is 7.75. The Kier molecular flexibility index (Phi) is 6.95. The number of carbonyl (C=O) groups excluding carboxylic acids is 4. The van der Waals surface area contributed by atoms with Crippen LogP contribution in [-0.4, -0.2) is 48.4 Å². The largest absolute Gasteiger partial charge is 0.348 e. The molecule has 2 unspecified atom stereocenters. The predicted octanol–water partition coefficient (Wildman–Crippen LogP) is 0.403. The molecule has 0 radical (unpaired) electrons. The van der Waals surface area contributed by atoms with Crippen LogP contribution in [0.4, 0.5) is 0 Å². The number of nitrogens with one attached hydrogen (secondary N) is 1. The Morgan fingerprint density at radius 2 is 2.09 bits per heavy atom. The van der Waals surface area contributed by atoms with Crippen LogP contribution in [0.25, 0.3) is 0 Å². The molecule has 1 saturated carbocycles. The molecule has 23 heavy (non-hydrogen) atoms. The minimum atomic E-state index is -0.853. The van der Waals surface area contributed by atoms with Crippen LogP contribution in [-0.2, 0) is 19.2 Å². The normalized spacial score (nSPS) is 21.5. The highest BCUT2D eigenvalue weighted by Crippen LogP contribution is 2.44. The fourth-order valence-corrected chi connectivity index (χ4v) is 2.75. The van der Waals surface area contributed by atoms with Gasteiger partial charge >= 0.3 is 0 Å². The van der Waals surface area contributed by atoms with Gasteiger partial charge in [0.25, 0.3) is 0 Å². The van der Waals surface area contributed by atoms with Gasteiger partial charge in [-0.15, -0.1) is 12.3 Å². The Hall–Kier alpha value is -2.16. The van der Waals surface area contributed by atoms with Gasteiger partial charge in [0, 0.05) is 32.9 Å². The predicted molar refractivity (Wildman–Crippen MR) is 85.1 cm³/mol. The minimum Gasteiger partial charge on any atom is -0.348 e. The maximum atomic E-state index is 12.3. The molecule has 1 aliphatic carbocycles. The van der Waals surface area contributed by atoms with E-state index in [1.165, 1.54) is 6.92 Å². The summed E-state index contributed by atoms with van der Waals surface area (Å²) in [7, 11) is 1.70. The van der Waals surface area contributed by atoms with E-state index in [-0.39, 0.29) is 24.2 Å². The Morgan fingerprint density at radius 3 is 2.61 bits per heavy atom. The molecule has 0 bridgehead atoms. The summed E-state index contributed by atoms with van der Waals surface area (Å²) in [6, 6.07) is -0.853. The summed E-state index contributed by atoms with van der Waals surface area (Å²) in [5.41, 5.74) is 0. The molecule has 1 rings (SSSR count). The van der Waals surface area contributed by atoms with Crippen molar-refractivity contribution in [3.05, 3.63) is 0 Å². The summed E-state index contributed by atoms with van der Waals surface area (Å²) in [4.78, 5) is 47.6. The summed E-state index contributed by atoms with van der Waals surface area (Å²) in [6.45, 7) is 3.61. The van der Waals surface area contributed by atoms with Crippen LogP contribution in [0.15, 0.2) is 0 Å². The molecular formula is C17H24N2O4. The quantitative estimate of drug-likeness (QED) is 0.359. The first-order valence-electron chi connectivity index (χ1n) is 7.75. The second kappa shape index (κ2) is 8.47. The lowest BCUT2D eigenvalue weighted by Gasteiger charge is -2.19. The summed E-state index contributed by atoms with van der Waals surface area (Å²) in [5, 5.41) is 2.65. The van der Waals surface area contributed by atoms with Gasteiger partial charge in [0.15, 0.2) is 5.78 Å². The number of terminal acetylenes is 1. The standard InChI is InChI=1S/C17H24N2O4/c1-5-6-7-15(16(22)12(3)21)18-17(23)11(2)14-8-13(14)9-19(4)10-20/h1,10-11,13-15H,6-9H2,2-4H3,(H,18,23)/t11?,13-,14+,15?/m0/s1. The van der Waals surface area contributed by atoms with Crippen LogP contribution in [0, 0.1) is 30.1 Å². The van der Waals surface area contributed by atoms with E-state index in [0.29, 0.717) is 18.9 Å². The monoisotopic (exact) mass is 320 g/mol. The highest BCUT2D eigenvalue weighted by atomic mass is 16.2. The highest BCUT2D eigenvalue weighted by Gasteiger charge is 2.44. The number of hydrogen-bond acceptors (Lipinski definition) is 4. The molecule has 6 nitrogen and oxygen atoms in total. The zero-order valence-corrected chi connectivity index (χ0v) is 13.9. The molecule has 0 aromatic carbocycles. The average molecular weight is 320 g/mol. The third kappa shape index (κ3) is 5.51. The molecule has 0 heterocycles. The van der Waals surface area contributed by atoms with Crippen molar-refractivity contribution < 1.29 is 19.2 Å². The van der Waals surface area contributed by atoms with E-state index in [0.717, 1.165) is 12.8 Å². The van der Waals surface area contributed by atoms with Gasteiger partial charge in [0.2, 0.25) is 18.1 Å². The fourth-order valence-electron chi connectivity index (χ4n) is 2.75. The van der Waals surface area contributed by atoms with E-state index in [1.54, 1.807) is 18.9 Å². The first kappa shape index (κ1) is 18.9. The number of carbonyl (C=O) groups is 4. The molecular weight excluding hydrogens is 296 g/mol. The smallest absolute Gasteiger partial charge is 0.223 e. The van der Waals surface area contributed by atoms with Crippen molar-refractivity contribution in [2.24, 2.45) is 17.8 Å². The van der Waals surface area contributed by atoms with E-state index in [1.807, 2.05) is 0 Å². The number of hydrogen-bond donors (Lipinski definition) is 1. The van der Waals surface area contributed by atoms with E-state index >= 15 is 0 Å². The molecule has 1 fully saturated rings. The van der Waals surface area contributed by atoms with Crippen LogP contribution < -0.4 is 5.32 Å². The summed E-state index contributed by atoms with van der Waals surface area (Å²) in [5.74, 6) is 1.19.